The Morgan fingerprint density at radius 2 is 1.92 bits per heavy atom. The van der Waals surface area contributed by atoms with Gasteiger partial charge in [-0.25, -0.2) is 4.98 Å². The molecule has 25 heavy (non-hydrogen) atoms. The van der Waals surface area contributed by atoms with Gasteiger partial charge in [-0.3, -0.25) is 4.68 Å². The highest BCUT2D eigenvalue weighted by Gasteiger charge is 2.23. The standard InChI is InChI=1S/C19H23ClN4O/c1-4-15-16(19(20)23(3)22-15)18-17(14-9-7-6-8-10-14)21-13-24(18)11-12-25-5-2/h6-10,13H,4-5,11-12H2,1-3H3. The topological polar surface area (TPSA) is 44.9 Å². The molecule has 3 aromatic rings. The minimum Gasteiger partial charge on any atom is -0.380 e. The predicted octanol–water partition coefficient (Wildman–Crippen LogP) is 4.20. The molecule has 0 spiro atoms. The van der Waals surface area contributed by atoms with E-state index in [1.54, 1.807) is 4.68 Å². The number of nitrogens with zero attached hydrogens (tertiary/aromatic N) is 4. The molecular weight excluding hydrogens is 336 g/mol. The fourth-order valence-corrected chi connectivity index (χ4v) is 3.20. The summed E-state index contributed by atoms with van der Waals surface area (Å²) in [5, 5.41) is 5.20. The van der Waals surface area contributed by atoms with Crippen LogP contribution in [0, 0.1) is 0 Å². The van der Waals surface area contributed by atoms with E-state index in [0.29, 0.717) is 18.4 Å². The van der Waals surface area contributed by atoms with E-state index in [0.717, 1.165) is 41.2 Å². The normalized spacial score (nSPS) is 11.2. The third kappa shape index (κ3) is 3.48. The molecule has 132 valence electrons. The van der Waals surface area contributed by atoms with Gasteiger partial charge in [0.2, 0.25) is 0 Å². The van der Waals surface area contributed by atoms with Crippen molar-refractivity contribution in [2.45, 2.75) is 26.8 Å². The predicted molar refractivity (Wildman–Crippen MR) is 101 cm³/mol. The lowest BCUT2D eigenvalue weighted by Gasteiger charge is -2.11. The second-order valence-corrected chi connectivity index (χ2v) is 6.15. The molecule has 0 aliphatic carbocycles. The van der Waals surface area contributed by atoms with Crippen molar-refractivity contribution in [1.82, 2.24) is 19.3 Å². The molecule has 0 saturated heterocycles. The van der Waals surface area contributed by atoms with Crippen LogP contribution in [0.15, 0.2) is 36.7 Å². The van der Waals surface area contributed by atoms with Crippen LogP contribution in [0.2, 0.25) is 5.15 Å². The Morgan fingerprint density at radius 3 is 2.60 bits per heavy atom. The Labute approximate surface area is 153 Å². The summed E-state index contributed by atoms with van der Waals surface area (Å²) < 4.78 is 9.37. The van der Waals surface area contributed by atoms with Gasteiger partial charge in [0.05, 0.1) is 35.6 Å². The summed E-state index contributed by atoms with van der Waals surface area (Å²) >= 11 is 6.60. The number of rotatable bonds is 7. The zero-order valence-electron chi connectivity index (χ0n) is 14.9. The lowest BCUT2D eigenvalue weighted by Crippen LogP contribution is -2.07. The maximum Gasteiger partial charge on any atom is 0.136 e. The van der Waals surface area contributed by atoms with Crippen LogP contribution < -0.4 is 0 Å². The van der Waals surface area contributed by atoms with E-state index in [9.17, 15) is 0 Å². The highest BCUT2D eigenvalue weighted by molar-refractivity contribution is 6.32. The van der Waals surface area contributed by atoms with Gasteiger partial charge in [-0.1, -0.05) is 48.9 Å². The van der Waals surface area contributed by atoms with Gasteiger partial charge in [0.15, 0.2) is 0 Å². The van der Waals surface area contributed by atoms with Gasteiger partial charge in [-0.2, -0.15) is 5.10 Å². The first kappa shape index (κ1) is 17.7. The van der Waals surface area contributed by atoms with Gasteiger partial charge in [0.1, 0.15) is 5.15 Å². The van der Waals surface area contributed by atoms with Crippen molar-refractivity contribution in [3.05, 3.63) is 47.5 Å². The van der Waals surface area contributed by atoms with Gasteiger partial charge in [-0.15, -0.1) is 0 Å². The number of aryl methyl sites for hydroxylation is 2. The third-order valence-corrected chi connectivity index (χ3v) is 4.62. The van der Waals surface area contributed by atoms with E-state index in [2.05, 4.69) is 33.7 Å². The molecule has 6 heteroatoms. The first-order valence-corrected chi connectivity index (χ1v) is 8.95. The first-order chi connectivity index (χ1) is 12.2. The molecule has 0 atom stereocenters. The summed E-state index contributed by atoms with van der Waals surface area (Å²) in [5.41, 5.74) is 4.92. The fraction of sp³-hybridized carbons (Fsp3) is 0.368. The van der Waals surface area contributed by atoms with Crippen molar-refractivity contribution < 1.29 is 4.74 Å². The largest absolute Gasteiger partial charge is 0.380 e. The van der Waals surface area contributed by atoms with Crippen LogP contribution in [0.3, 0.4) is 0 Å². The lowest BCUT2D eigenvalue weighted by molar-refractivity contribution is 0.139. The van der Waals surface area contributed by atoms with Crippen molar-refractivity contribution in [2.24, 2.45) is 7.05 Å². The van der Waals surface area contributed by atoms with E-state index >= 15 is 0 Å². The van der Waals surface area contributed by atoms with Gasteiger partial charge in [0, 0.05) is 25.8 Å². The number of benzene rings is 1. The van der Waals surface area contributed by atoms with Gasteiger partial charge >= 0.3 is 0 Å². The highest BCUT2D eigenvalue weighted by Crippen LogP contribution is 2.37. The van der Waals surface area contributed by atoms with Crippen LogP contribution >= 0.6 is 11.6 Å². The minimum absolute atomic E-state index is 0.632. The Bertz CT molecular complexity index is 839. The maximum absolute atomic E-state index is 6.60. The average molecular weight is 359 g/mol. The van der Waals surface area contributed by atoms with Crippen LogP contribution in [-0.4, -0.2) is 32.5 Å². The average Bonchev–Trinajstić information content (AvgIpc) is 3.17. The van der Waals surface area contributed by atoms with Crippen LogP contribution in [0.4, 0.5) is 0 Å². The summed E-state index contributed by atoms with van der Waals surface area (Å²) in [4.78, 5) is 4.68. The van der Waals surface area contributed by atoms with Gasteiger partial charge in [0.25, 0.3) is 0 Å². The van der Waals surface area contributed by atoms with E-state index in [1.807, 2.05) is 38.5 Å². The number of hydrogen-bond donors (Lipinski definition) is 0. The van der Waals surface area contributed by atoms with E-state index in [-0.39, 0.29) is 0 Å². The molecule has 0 unspecified atom stereocenters. The molecule has 5 nitrogen and oxygen atoms in total. The Kier molecular flexibility index (Phi) is 5.56. The Balaban J connectivity index is 2.16. The summed E-state index contributed by atoms with van der Waals surface area (Å²) in [6.45, 7) is 6.14. The Morgan fingerprint density at radius 1 is 1.16 bits per heavy atom. The van der Waals surface area contributed by atoms with Crippen molar-refractivity contribution in [3.63, 3.8) is 0 Å². The van der Waals surface area contributed by atoms with Crippen molar-refractivity contribution in [2.75, 3.05) is 13.2 Å². The first-order valence-electron chi connectivity index (χ1n) is 8.57. The second-order valence-electron chi connectivity index (χ2n) is 5.79. The van der Waals surface area contributed by atoms with Crippen LogP contribution in [0.25, 0.3) is 22.5 Å². The molecule has 3 rings (SSSR count). The van der Waals surface area contributed by atoms with E-state index < -0.39 is 0 Å². The molecule has 2 aromatic heterocycles. The van der Waals surface area contributed by atoms with Gasteiger partial charge < -0.3 is 9.30 Å². The summed E-state index contributed by atoms with van der Waals surface area (Å²) in [5.74, 6) is 0. The summed E-state index contributed by atoms with van der Waals surface area (Å²) in [6, 6.07) is 10.2. The molecule has 0 aliphatic heterocycles. The van der Waals surface area contributed by atoms with Crippen LogP contribution in [0.1, 0.15) is 19.5 Å². The molecule has 0 radical (unpaired) electrons. The zero-order valence-corrected chi connectivity index (χ0v) is 15.6. The fourth-order valence-electron chi connectivity index (χ4n) is 2.97. The lowest BCUT2D eigenvalue weighted by atomic mass is 10.0. The van der Waals surface area contributed by atoms with Crippen molar-refractivity contribution in [3.8, 4) is 22.5 Å². The zero-order chi connectivity index (χ0) is 17.8. The number of aromatic nitrogens is 4. The van der Waals surface area contributed by atoms with Gasteiger partial charge in [-0.05, 0) is 13.3 Å². The maximum atomic E-state index is 6.60. The second kappa shape index (κ2) is 7.85. The minimum atomic E-state index is 0.632. The molecule has 2 heterocycles. The monoisotopic (exact) mass is 358 g/mol. The molecule has 0 saturated carbocycles. The SMILES string of the molecule is CCOCCn1cnc(-c2ccccc2)c1-c1c(CC)nn(C)c1Cl. The van der Waals surface area contributed by atoms with E-state index in [1.165, 1.54) is 0 Å². The quantitative estimate of drug-likeness (QED) is 0.594. The number of ether oxygens (including phenoxy) is 1. The molecule has 0 bridgehead atoms. The van der Waals surface area contributed by atoms with Crippen LogP contribution in [-0.2, 0) is 24.8 Å². The number of imidazole rings is 1. The molecular formula is C19H23ClN4O. The molecule has 0 N–H and O–H groups in total. The van der Waals surface area contributed by atoms with Crippen LogP contribution in [0.5, 0.6) is 0 Å². The molecule has 0 amide bonds. The van der Waals surface area contributed by atoms with E-state index in [4.69, 9.17) is 16.3 Å². The van der Waals surface area contributed by atoms with Crippen molar-refractivity contribution in [1.29, 1.82) is 0 Å². The summed E-state index contributed by atoms with van der Waals surface area (Å²) in [6.07, 6.45) is 2.67. The Hall–Kier alpha value is -2.11. The smallest absolute Gasteiger partial charge is 0.136 e. The molecule has 0 aliphatic rings. The molecule has 1 aromatic carbocycles. The van der Waals surface area contributed by atoms with Crippen molar-refractivity contribution >= 4 is 11.6 Å². The third-order valence-electron chi connectivity index (χ3n) is 4.19. The number of halogens is 1. The number of hydrogen-bond acceptors (Lipinski definition) is 3. The molecule has 0 fully saturated rings. The highest BCUT2D eigenvalue weighted by atomic mass is 35.5. The summed E-state index contributed by atoms with van der Waals surface area (Å²) in [7, 11) is 1.87.